The molecule has 0 heterocycles. The smallest absolute Gasteiger partial charge is 0.282 e. The lowest BCUT2D eigenvalue weighted by Crippen LogP contribution is -2.10. The number of halogens is 13. The van der Waals surface area contributed by atoms with Crippen LogP contribution in [0.5, 0.6) is 0 Å². The van der Waals surface area contributed by atoms with Crippen molar-refractivity contribution >= 4 is 40.4 Å². The molecule has 0 amide bonds. The third-order valence-electron chi connectivity index (χ3n) is 7.79. The number of rotatable bonds is 6. The molecule has 0 radical (unpaired) electrons. The highest BCUT2D eigenvalue weighted by molar-refractivity contribution is 7.92. The molecule has 6 aromatic carbocycles. The Hall–Kier alpha value is -6.16. The van der Waals surface area contributed by atoms with Crippen LogP contribution in [0.4, 0.5) is 57.1 Å². The second-order valence-corrected chi connectivity index (χ2v) is 17.6. The SMILES string of the molecule is Cc1ccc(S(=O)(=O)c2ccc(F)cc2)cc1S(=O)(=O)O.Fc1c(F)c(F)c(-c2c(F)c(F)c(F)c(F)c2F)c(F)c1F.O=S(=O)(c1ccc(F)cc1)c1ccc(F)cc1.O=S(=O)=O. The average molecular weight is 999 g/mol. The first kappa shape index (κ1) is 52.2. The van der Waals surface area contributed by atoms with Gasteiger partial charge in [-0.15, -0.1) is 12.6 Å². The summed E-state index contributed by atoms with van der Waals surface area (Å²) in [4.78, 5) is -0.997. The van der Waals surface area contributed by atoms with E-state index in [1.165, 1.54) is 43.3 Å². The minimum Gasteiger partial charge on any atom is -0.282 e. The van der Waals surface area contributed by atoms with Gasteiger partial charge in [-0.05, 0) is 97.4 Å². The summed E-state index contributed by atoms with van der Waals surface area (Å²) < 4.78 is 275. The van der Waals surface area contributed by atoms with Gasteiger partial charge in [-0.25, -0.2) is 73.9 Å². The van der Waals surface area contributed by atoms with Gasteiger partial charge in [0.25, 0.3) is 10.1 Å². The second-order valence-electron chi connectivity index (χ2n) is 11.9. The fourth-order valence-electron chi connectivity index (χ4n) is 4.79. The highest BCUT2D eigenvalue weighted by Gasteiger charge is 2.34. The quantitative estimate of drug-likeness (QED) is 0.0559. The van der Waals surface area contributed by atoms with Crippen molar-refractivity contribution in [3.05, 3.63) is 172 Å². The van der Waals surface area contributed by atoms with Gasteiger partial charge >= 0.3 is 10.6 Å². The van der Waals surface area contributed by atoms with Crippen molar-refractivity contribution in [1.82, 2.24) is 0 Å². The molecule has 0 saturated carbocycles. The van der Waals surface area contributed by atoms with Gasteiger partial charge in [-0.1, -0.05) is 6.07 Å². The molecule has 0 saturated heterocycles. The van der Waals surface area contributed by atoms with Gasteiger partial charge in [0, 0.05) is 0 Å². The molecule has 342 valence electrons. The van der Waals surface area contributed by atoms with Crippen molar-refractivity contribution in [3.8, 4) is 11.1 Å². The molecule has 6 rings (SSSR count). The third kappa shape index (κ3) is 11.9. The lowest BCUT2D eigenvalue weighted by atomic mass is 10.0. The van der Waals surface area contributed by atoms with Crippen LogP contribution in [0, 0.1) is 82.5 Å². The Morgan fingerprint density at radius 1 is 0.375 bits per heavy atom. The summed E-state index contributed by atoms with van der Waals surface area (Å²) in [6, 6.07) is 16.5. The van der Waals surface area contributed by atoms with Crippen LogP contribution in [0.25, 0.3) is 11.1 Å². The van der Waals surface area contributed by atoms with Crippen molar-refractivity contribution in [1.29, 1.82) is 0 Å². The summed E-state index contributed by atoms with van der Waals surface area (Å²) in [5.41, 5.74) is -4.30. The Kier molecular flexibility index (Phi) is 16.8. The normalized spacial score (nSPS) is 11.3. The summed E-state index contributed by atoms with van der Waals surface area (Å²) >= 11 is 0. The average Bonchev–Trinajstić information content (AvgIpc) is 3.22. The van der Waals surface area contributed by atoms with Crippen LogP contribution in [-0.2, 0) is 40.4 Å². The highest BCUT2D eigenvalue weighted by Crippen LogP contribution is 2.37. The fraction of sp³-hybridized carbons (Fsp3) is 0.0270. The molecular formula is C37H19F13O10S4. The van der Waals surface area contributed by atoms with Crippen molar-refractivity contribution in [2.75, 3.05) is 0 Å². The Morgan fingerprint density at radius 3 is 0.844 bits per heavy atom. The van der Waals surface area contributed by atoms with Gasteiger partial charge < -0.3 is 0 Å². The molecule has 0 fully saturated rings. The number of aryl methyl sites for hydroxylation is 1. The molecule has 0 unspecified atom stereocenters. The summed E-state index contributed by atoms with van der Waals surface area (Å²) in [5, 5.41) is 0. The van der Waals surface area contributed by atoms with E-state index in [9.17, 15) is 82.3 Å². The molecule has 0 aliphatic carbocycles. The van der Waals surface area contributed by atoms with Gasteiger partial charge in [-0.3, -0.25) is 4.55 Å². The van der Waals surface area contributed by atoms with E-state index in [0.29, 0.717) is 0 Å². The van der Waals surface area contributed by atoms with Gasteiger partial charge in [0.1, 0.15) is 17.5 Å². The lowest BCUT2D eigenvalue weighted by molar-refractivity contribution is 0.370. The maximum absolute atomic E-state index is 13.4. The van der Waals surface area contributed by atoms with Crippen LogP contribution < -0.4 is 0 Å². The van der Waals surface area contributed by atoms with Gasteiger partial charge in [0.15, 0.2) is 46.5 Å². The van der Waals surface area contributed by atoms with Crippen LogP contribution in [0.15, 0.2) is 115 Å². The minimum atomic E-state index is -4.53. The van der Waals surface area contributed by atoms with E-state index in [1.807, 2.05) is 0 Å². The molecule has 0 bridgehead atoms. The topological polar surface area (TPSA) is 174 Å². The first-order valence-corrected chi connectivity index (χ1v) is 21.5. The van der Waals surface area contributed by atoms with E-state index in [1.54, 1.807) is 0 Å². The Bertz CT molecular complexity index is 3010. The summed E-state index contributed by atoms with van der Waals surface area (Å²) in [5.74, 6) is -28.3. The first-order chi connectivity index (χ1) is 29.5. The molecule has 64 heavy (non-hydrogen) atoms. The molecule has 1 N–H and O–H groups in total. The van der Waals surface area contributed by atoms with Crippen molar-refractivity contribution in [2.24, 2.45) is 0 Å². The largest absolute Gasteiger partial charge is 0.425 e. The zero-order chi connectivity index (χ0) is 48.8. The standard InChI is InChI=1S/C13H11FO5S2.C12F10.C12H8F2O2S.O3S/c1-9-2-5-12(8-13(9)21(17,18)19)20(15,16)11-6-3-10(14)4-7-11;13-3-1(4(14)8(18)11(21)7(3)17)2-5(15)9(19)12(22)10(20)6(2)16;13-9-1-5-11(6-2-9)17(15,16)12-7-3-10(14)4-8-12;1-4(2)3/h2-8H,1H3,(H,17,18,19);;1-8H;. The number of benzene rings is 6. The van der Waals surface area contributed by atoms with Gasteiger partial charge in [0.05, 0.1) is 35.6 Å². The molecule has 6 aromatic rings. The van der Waals surface area contributed by atoms with E-state index >= 15 is 0 Å². The predicted octanol–water partition coefficient (Wildman–Crippen LogP) is 8.75. The van der Waals surface area contributed by atoms with Crippen LogP contribution in [-0.4, -0.2) is 42.4 Å². The van der Waals surface area contributed by atoms with E-state index in [4.69, 9.17) is 17.2 Å². The zero-order valence-electron chi connectivity index (χ0n) is 30.8. The van der Waals surface area contributed by atoms with Crippen molar-refractivity contribution in [3.63, 3.8) is 0 Å². The second kappa shape index (κ2) is 20.6. The molecule has 10 nitrogen and oxygen atoms in total. The zero-order valence-corrected chi connectivity index (χ0v) is 34.1. The fourth-order valence-corrected chi connectivity index (χ4v) is 8.16. The molecule has 0 aromatic heterocycles. The molecule has 27 heteroatoms. The summed E-state index contributed by atoms with van der Waals surface area (Å²) in [6.45, 7) is 1.43. The lowest BCUT2D eigenvalue weighted by Gasteiger charge is -2.11. The third-order valence-corrected chi connectivity index (χ3v) is 12.3. The monoisotopic (exact) mass is 998 g/mol. The van der Waals surface area contributed by atoms with Crippen LogP contribution in [0.1, 0.15) is 5.56 Å². The van der Waals surface area contributed by atoms with Crippen LogP contribution >= 0.6 is 0 Å². The molecule has 0 atom stereocenters. The van der Waals surface area contributed by atoms with Crippen LogP contribution in [0.3, 0.4) is 0 Å². The first-order valence-electron chi connectivity index (χ1n) is 16.1. The number of hydrogen-bond acceptors (Lipinski definition) is 9. The van der Waals surface area contributed by atoms with E-state index in [2.05, 4.69) is 0 Å². The molecule has 0 aliphatic rings. The summed E-state index contributed by atoms with van der Waals surface area (Å²) in [6.07, 6.45) is 0. The highest BCUT2D eigenvalue weighted by atomic mass is 32.2. The molecular weight excluding hydrogens is 980 g/mol. The van der Waals surface area contributed by atoms with Crippen molar-refractivity contribution in [2.45, 2.75) is 31.4 Å². The number of sulfone groups is 2. The van der Waals surface area contributed by atoms with Gasteiger partial charge in [0.2, 0.25) is 31.3 Å². The molecule has 0 spiro atoms. The predicted molar refractivity (Wildman–Crippen MR) is 192 cm³/mol. The maximum Gasteiger partial charge on any atom is 0.425 e. The Labute approximate surface area is 353 Å². The Balaban J connectivity index is 0.000000246. The Morgan fingerprint density at radius 2 is 0.594 bits per heavy atom. The van der Waals surface area contributed by atoms with E-state index in [0.717, 1.165) is 54.6 Å². The van der Waals surface area contributed by atoms with Crippen LogP contribution in [0.2, 0.25) is 0 Å². The maximum atomic E-state index is 13.4. The van der Waals surface area contributed by atoms with E-state index in [-0.39, 0.29) is 25.1 Å². The van der Waals surface area contributed by atoms with Crippen molar-refractivity contribution < 1.29 is 99.5 Å². The van der Waals surface area contributed by atoms with E-state index < -0.39 is 132 Å². The minimum absolute atomic E-state index is 0.0227. The number of hydrogen-bond donors (Lipinski definition) is 1. The summed E-state index contributed by atoms with van der Waals surface area (Å²) in [7, 11) is -15.3. The molecule has 0 aliphatic heterocycles. The van der Waals surface area contributed by atoms with Gasteiger partial charge in [-0.2, -0.15) is 8.42 Å².